The van der Waals surface area contributed by atoms with Crippen molar-refractivity contribution in [2.45, 2.75) is 64.1 Å². The fourth-order valence-corrected chi connectivity index (χ4v) is 5.65. The molecule has 6 N–H and O–H groups in total. The number of allylic oxidation sites excluding steroid dienone is 1. The van der Waals surface area contributed by atoms with Crippen LogP contribution in [0.25, 0.3) is 5.69 Å². The van der Waals surface area contributed by atoms with E-state index < -0.39 is 53.0 Å². The van der Waals surface area contributed by atoms with Crippen LogP contribution in [0.1, 0.15) is 67.5 Å². The first-order valence-electron chi connectivity index (χ1n) is 16.0. The van der Waals surface area contributed by atoms with E-state index in [1.54, 1.807) is 60.7 Å². The predicted molar refractivity (Wildman–Crippen MR) is 179 cm³/mol. The summed E-state index contributed by atoms with van der Waals surface area (Å²) < 4.78 is 8.59. The second-order valence-electron chi connectivity index (χ2n) is 12.1. The number of carbonyl (C=O) groups is 4. The first-order valence-corrected chi connectivity index (χ1v) is 16.0. The predicted octanol–water partition coefficient (Wildman–Crippen LogP) is 1.15. The molecule has 2 heterocycles. The maximum absolute atomic E-state index is 13.9. The number of aromatic nitrogens is 3. The number of hydrogen-bond donors (Lipinski definition) is 4. The number of nitrogens with one attached hydrogen (secondary N) is 2. The molecule has 1 aliphatic rings. The molecule has 3 atom stereocenters. The monoisotopic (exact) mass is 661 g/mol. The first kappa shape index (κ1) is 35.6. The maximum atomic E-state index is 13.9. The summed E-state index contributed by atoms with van der Waals surface area (Å²) in [6, 6.07) is 10.0. The van der Waals surface area contributed by atoms with Crippen LogP contribution in [-0.2, 0) is 20.8 Å². The zero-order chi connectivity index (χ0) is 35.0. The molecule has 14 heteroatoms. The number of unbranched alkanes of at least 4 members (excludes halogenated alkanes) is 1. The number of benzene rings is 2. The van der Waals surface area contributed by atoms with Crippen molar-refractivity contribution < 1.29 is 23.9 Å². The molecule has 1 aliphatic heterocycles. The third kappa shape index (κ3) is 8.18. The van der Waals surface area contributed by atoms with E-state index in [-0.39, 0.29) is 18.9 Å². The topological polar surface area (TPSA) is 203 Å². The molecule has 4 rings (SSSR count). The summed E-state index contributed by atoms with van der Waals surface area (Å²) in [5, 5.41) is 5.27. The Kier molecular flexibility index (Phi) is 11.9. The number of fused-ring (bicyclic) bond motifs is 1. The maximum Gasteiger partial charge on any atom is 0.352 e. The number of amides is 3. The average molecular weight is 662 g/mol. The Morgan fingerprint density at radius 3 is 2.19 bits per heavy atom. The summed E-state index contributed by atoms with van der Waals surface area (Å²) >= 11 is 0. The van der Waals surface area contributed by atoms with Gasteiger partial charge in [-0.2, -0.15) is 0 Å². The number of carbonyl (C=O) groups excluding carboxylic acids is 4. The smallest absolute Gasteiger partial charge is 0.352 e. The Morgan fingerprint density at radius 1 is 0.917 bits per heavy atom. The van der Waals surface area contributed by atoms with Crippen molar-refractivity contribution >= 4 is 23.5 Å². The lowest BCUT2D eigenvalue weighted by atomic mass is 10.0. The molecule has 0 saturated carbocycles. The van der Waals surface area contributed by atoms with Gasteiger partial charge in [0.05, 0.1) is 24.9 Å². The van der Waals surface area contributed by atoms with Gasteiger partial charge in [-0.1, -0.05) is 38.1 Å². The van der Waals surface area contributed by atoms with Gasteiger partial charge < -0.3 is 26.8 Å². The van der Waals surface area contributed by atoms with Crippen molar-refractivity contribution in [1.82, 2.24) is 24.6 Å². The lowest BCUT2D eigenvalue weighted by Crippen LogP contribution is -2.51. The van der Waals surface area contributed by atoms with E-state index in [9.17, 15) is 28.8 Å². The van der Waals surface area contributed by atoms with E-state index in [1.807, 2.05) is 13.8 Å². The number of ketones is 1. The lowest BCUT2D eigenvalue weighted by Gasteiger charge is -2.28. The van der Waals surface area contributed by atoms with E-state index in [4.69, 9.17) is 16.2 Å². The van der Waals surface area contributed by atoms with Crippen molar-refractivity contribution in [2.75, 3.05) is 20.2 Å². The summed E-state index contributed by atoms with van der Waals surface area (Å²) in [6.45, 7) is 4.47. The average Bonchev–Trinajstić information content (AvgIpc) is 3.33. The van der Waals surface area contributed by atoms with E-state index in [1.165, 1.54) is 11.8 Å². The largest absolute Gasteiger partial charge is 0.497 e. The Balaban J connectivity index is 1.56. The minimum Gasteiger partial charge on any atom is -0.497 e. The Hall–Kier alpha value is -5.24. The Labute approximate surface area is 277 Å². The molecule has 0 bridgehead atoms. The van der Waals surface area contributed by atoms with Gasteiger partial charge in [0.25, 0.3) is 5.91 Å². The number of hydrogen-bond acceptors (Lipinski definition) is 8. The van der Waals surface area contributed by atoms with Crippen LogP contribution in [0.15, 0.2) is 70.3 Å². The zero-order valence-corrected chi connectivity index (χ0v) is 27.4. The third-order valence-electron chi connectivity index (χ3n) is 8.15. The summed E-state index contributed by atoms with van der Waals surface area (Å²) in [4.78, 5) is 79.0. The van der Waals surface area contributed by atoms with Gasteiger partial charge in [-0.25, -0.2) is 23.5 Å². The number of methoxy groups -OCH3 is 1. The second-order valence-corrected chi connectivity index (χ2v) is 12.1. The van der Waals surface area contributed by atoms with Gasteiger partial charge in [-0.05, 0) is 86.5 Å². The number of rotatable bonds is 16. The van der Waals surface area contributed by atoms with Crippen molar-refractivity contribution in [3.05, 3.63) is 92.8 Å². The van der Waals surface area contributed by atoms with Crippen LogP contribution in [0.2, 0.25) is 0 Å². The van der Waals surface area contributed by atoms with Gasteiger partial charge in [0.2, 0.25) is 17.6 Å². The summed E-state index contributed by atoms with van der Waals surface area (Å²) in [7, 11) is 1.50. The third-order valence-corrected chi connectivity index (χ3v) is 8.15. The molecule has 2 aromatic carbocycles. The van der Waals surface area contributed by atoms with Crippen LogP contribution < -0.4 is 38.2 Å². The lowest BCUT2D eigenvalue weighted by molar-refractivity contribution is -0.140. The van der Waals surface area contributed by atoms with Gasteiger partial charge in [0, 0.05) is 12.1 Å². The zero-order valence-electron chi connectivity index (χ0n) is 27.4. The van der Waals surface area contributed by atoms with Gasteiger partial charge in [0.15, 0.2) is 6.04 Å². The molecule has 0 aliphatic carbocycles. The van der Waals surface area contributed by atoms with Crippen LogP contribution in [0, 0.1) is 5.92 Å². The molecule has 0 fully saturated rings. The van der Waals surface area contributed by atoms with E-state index in [0.29, 0.717) is 49.2 Å². The van der Waals surface area contributed by atoms with Crippen LogP contribution in [0.4, 0.5) is 0 Å². The Bertz CT molecular complexity index is 1770. The molecule has 48 heavy (non-hydrogen) atoms. The normalized spacial score (nSPS) is 15.9. The van der Waals surface area contributed by atoms with Gasteiger partial charge >= 0.3 is 11.4 Å². The van der Waals surface area contributed by atoms with Crippen LogP contribution in [0.3, 0.4) is 0 Å². The summed E-state index contributed by atoms with van der Waals surface area (Å²) in [5.41, 5.74) is 11.1. The van der Waals surface area contributed by atoms with E-state index in [0.717, 1.165) is 14.8 Å². The summed E-state index contributed by atoms with van der Waals surface area (Å²) in [6.07, 6.45) is 5.36. The van der Waals surface area contributed by atoms with E-state index >= 15 is 0 Å². The highest BCUT2D eigenvalue weighted by atomic mass is 16.5. The molecule has 14 nitrogen and oxygen atoms in total. The molecular weight excluding hydrogens is 618 g/mol. The fraction of sp³-hybridized carbons (Fsp3) is 0.412. The minimum absolute atomic E-state index is 0.132. The molecule has 0 spiro atoms. The van der Waals surface area contributed by atoms with E-state index in [2.05, 4.69) is 10.6 Å². The molecule has 256 valence electrons. The highest BCUT2D eigenvalue weighted by Gasteiger charge is 2.35. The standard InChI is InChI=1S/C34H43N7O7/c1-21(2)20-25-13-16-28(41-34(47)39(33(46)40(25)41)24-11-14-26(48-3)15-12-24)31(44)38-27(6-4-5-18-35)29(42)32(45)37-19-17-22-7-9-23(10-8-22)30(36)43/h7-16,21,25,27-28H,4-6,17-20,35H2,1-3H3,(H2,36,43)(H,37,45)(H,38,44). The molecule has 0 radical (unpaired) electrons. The number of Topliss-reactive ketones (excluding diaryl/α,β-unsaturated/α-hetero) is 1. The van der Waals surface area contributed by atoms with Gasteiger partial charge in [-0.15, -0.1) is 0 Å². The Morgan fingerprint density at radius 2 is 1.58 bits per heavy atom. The highest BCUT2D eigenvalue weighted by Crippen LogP contribution is 2.25. The highest BCUT2D eigenvalue weighted by molar-refractivity contribution is 6.38. The quantitative estimate of drug-likeness (QED) is 0.0994. The van der Waals surface area contributed by atoms with Crippen molar-refractivity contribution in [1.29, 1.82) is 0 Å². The molecule has 3 aromatic rings. The summed E-state index contributed by atoms with van der Waals surface area (Å²) in [5.74, 6) is -2.28. The number of ether oxygens (including phenoxy) is 1. The molecule has 3 amide bonds. The van der Waals surface area contributed by atoms with Crippen LogP contribution in [-0.4, -0.2) is 63.7 Å². The first-order chi connectivity index (χ1) is 23.0. The number of nitrogens with two attached hydrogens (primary N) is 2. The van der Waals surface area contributed by atoms with Crippen LogP contribution in [0.5, 0.6) is 5.75 Å². The molecular formula is C34H43N7O7. The van der Waals surface area contributed by atoms with Crippen molar-refractivity contribution in [3.63, 3.8) is 0 Å². The fourth-order valence-electron chi connectivity index (χ4n) is 5.65. The molecule has 1 aromatic heterocycles. The van der Waals surface area contributed by atoms with Crippen molar-refractivity contribution in [2.24, 2.45) is 17.4 Å². The number of primary amides is 1. The van der Waals surface area contributed by atoms with Crippen molar-refractivity contribution in [3.8, 4) is 11.4 Å². The minimum atomic E-state index is -1.26. The molecule has 0 saturated heterocycles. The van der Waals surface area contributed by atoms with Gasteiger partial charge in [-0.3, -0.25) is 19.2 Å². The van der Waals surface area contributed by atoms with Crippen LogP contribution >= 0.6 is 0 Å². The number of nitrogens with zero attached hydrogens (tertiary/aromatic N) is 3. The van der Waals surface area contributed by atoms with Gasteiger partial charge in [0.1, 0.15) is 5.75 Å². The second kappa shape index (κ2) is 16.0. The SMILES string of the molecule is COc1ccc(-n2c(=O)n3n(c2=O)C(C(=O)NC(CCCCN)C(=O)C(=O)NCCc2ccc(C(N)=O)cc2)C=CC3CC(C)C)cc1. The molecule has 3 unspecified atom stereocenters.